The second-order valence-corrected chi connectivity index (χ2v) is 8.73. The Morgan fingerprint density at radius 3 is 1.96 bits per heavy atom. The SMILES string of the molecule is O=[N+]([O-])N1CCC(C2c3ncc(Br)cc3CCc3cc(Br)cnc32)CC1. The van der Waals surface area contributed by atoms with Crippen LogP contribution in [0.2, 0.25) is 0 Å². The van der Waals surface area contributed by atoms with Gasteiger partial charge < -0.3 is 0 Å². The van der Waals surface area contributed by atoms with Crippen LogP contribution in [0.3, 0.4) is 0 Å². The van der Waals surface area contributed by atoms with E-state index in [0.29, 0.717) is 19.0 Å². The van der Waals surface area contributed by atoms with Gasteiger partial charge in [0.25, 0.3) is 0 Å². The maximum Gasteiger partial charge on any atom is 0.160 e. The van der Waals surface area contributed by atoms with Gasteiger partial charge >= 0.3 is 0 Å². The molecule has 1 fully saturated rings. The first kappa shape index (κ1) is 17.9. The van der Waals surface area contributed by atoms with E-state index < -0.39 is 0 Å². The molecule has 2 aromatic heterocycles. The molecule has 0 atom stereocenters. The van der Waals surface area contributed by atoms with Gasteiger partial charge in [0.05, 0.1) is 24.5 Å². The third kappa shape index (κ3) is 3.36. The molecule has 8 heteroatoms. The number of pyridine rings is 2. The van der Waals surface area contributed by atoms with E-state index in [0.717, 1.165) is 46.0 Å². The van der Waals surface area contributed by atoms with Crippen molar-refractivity contribution in [3.63, 3.8) is 0 Å². The van der Waals surface area contributed by atoms with Crippen LogP contribution >= 0.6 is 31.9 Å². The van der Waals surface area contributed by atoms with E-state index in [9.17, 15) is 10.1 Å². The Bertz CT molecular complexity index is 800. The molecular formula is C18H18Br2N4O2. The summed E-state index contributed by atoms with van der Waals surface area (Å²) in [6, 6.07) is 4.31. The van der Waals surface area contributed by atoms with Gasteiger partial charge in [-0.1, -0.05) is 0 Å². The average Bonchev–Trinajstić information content (AvgIpc) is 2.78. The molecule has 136 valence electrons. The highest BCUT2D eigenvalue weighted by Gasteiger charge is 2.36. The minimum absolute atomic E-state index is 0.0950. The standard InChI is InChI=1S/C18H18Br2N4O2/c19-14-7-12-1-2-13-8-15(20)10-22-18(13)16(17(12)21-9-14)11-3-5-23(6-4-11)24(25)26/h7-11,16H,1-6H2. The first-order valence-electron chi connectivity index (χ1n) is 8.71. The quantitative estimate of drug-likeness (QED) is 0.476. The highest BCUT2D eigenvalue weighted by molar-refractivity contribution is 9.10. The lowest BCUT2D eigenvalue weighted by Gasteiger charge is -2.32. The van der Waals surface area contributed by atoms with Crippen LogP contribution in [0, 0.1) is 16.0 Å². The first-order chi connectivity index (χ1) is 12.5. The lowest BCUT2D eigenvalue weighted by molar-refractivity contribution is -0.658. The van der Waals surface area contributed by atoms with E-state index >= 15 is 0 Å². The topological polar surface area (TPSA) is 72.2 Å². The van der Waals surface area contributed by atoms with E-state index in [-0.39, 0.29) is 11.0 Å². The van der Waals surface area contributed by atoms with Crippen LogP contribution in [0.5, 0.6) is 0 Å². The maximum absolute atomic E-state index is 11.1. The Labute approximate surface area is 168 Å². The summed E-state index contributed by atoms with van der Waals surface area (Å²) >= 11 is 7.07. The summed E-state index contributed by atoms with van der Waals surface area (Å²) in [5, 5.41) is 12.1. The summed E-state index contributed by atoms with van der Waals surface area (Å²) in [6.07, 6.45) is 7.11. The van der Waals surface area contributed by atoms with Crippen molar-refractivity contribution in [3.8, 4) is 0 Å². The summed E-state index contributed by atoms with van der Waals surface area (Å²) in [7, 11) is 0. The minimum atomic E-state index is -0.282. The summed E-state index contributed by atoms with van der Waals surface area (Å²) in [5.74, 6) is 0.404. The zero-order valence-corrected chi connectivity index (χ0v) is 17.2. The third-order valence-electron chi connectivity index (χ3n) is 5.41. The van der Waals surface area contributed by atoms with Crippen LogP contribution in [0.25, 0.3) is 0 Å². The van der Waals surface area contributed by atoms with Gasteiger partial charge in [0.2, 0.25) is 0 Å². The number of fused-ring (bicyclic) bond motifs is 2. The number of hydrogen-bond donors (Lipinski definition) is 0. The van der Waals surface area contributed by atoms with Crippen molar-refractivity contribution in [2.45, 2.75) is 31.6 Å². The highest BCUT2D eigenvalue weighted by Crippen LogP contribution is 2.42. The van der Waals surface area contributed by atoms with E-state index in [4.69, 9.17) is 9.97 Å². The van der Waals surface area contributed by atoms with Crippen molar-refractivity contribution in [1.29, 1.82) is 0 Å². The van der Waals surface area contributed by atoms with Crippen molar-refractivity contribution in [1.82, 2.24) is 15.0 Å². The van der Waals surface area contributed by atoms with E-state index in [1.54, 1.807) is 0 Å². The van der Waals surface area contributed by atoms with Crippen LogP contribution in [-0.4, -0.2) is 33.1 Å². The van der Waals surface area contributed by atoms with Gasteiger partial charge in [0.1, 0.15) is 0 Å². The molecule has 4 rings (SSSR count). The van der Waals surface area contributed by atoms with Crippen LogP contribution in [0.4, 0.5) is 0 Å². The van der Waals surface area contributed by atoms with E-state index in [1.807, 2.05) is 12.4 Å². The highest BCUT2D eigenvalue weighted by atomic mass is 79.9. The van der Waals surface area contributed by atoms with E-state index in [2.05, 4.69) is 44.0 Å². The first-order valence-corrected chi connectivity index (χ1v) is 10.3. The molecule has 0 N–H and O–H groups in total. The Hall–Kier alpha value is -1.54. The Kier molecular flexibility index (Phi) is 4.96. The number of hydrazine groups is 1. The van der Waals surface area contributed by atoms with Crippen molar-refractivity contribution in [3.05, 3.63) is 66.1 Å². The number of aryl methyl sites for hydroxylation is 2. The van der Waals surface area contributed by atoms with Gasteiger partial charge in [-0.15, -0.1) is 5.01 Å². The molecule has 0 bridgehead atoms. The van der Waals surface area contributed by atoms with Crippen LogP contribution in [0.1, 0.15) is 41.3 Å². The lowest BCUT2D eigenvalue weighted by atomic mass is 9.79. The summed E-state index contributed by atoms with van der Waals surface area (Å²) in [6.45, 7) is 0.956. The number of piperidine rings is 1. The predicted molar refractivity (Wildman–Crippen MR) is 104 cm³/mol. The average molecular weight is 482 g/mol. The fourth-order valence-electron chi connectivity index (χ4n) is 4.17. The molecule has 0 aromatic carbocycles. The molecule has 0 amide bonds. The molecular weight excluding hydrogens is 464 g/mol. The normalized spacial score (nSPS) is 18.2. The third-order valence-corrected chi connectivity index (χ3v) is 6.27. The second kappa shape index (κ2) is 7.23. The Morgan fingerprint density at radius 2 is 1.50 bits per heavy atom. The van der Waals surface area contributed by atoms with Crippen LogP contribution in [0.15, 0.2) is 33.5 Å². The molecule has 2 aliphatic rings. The number of aromatic nitrogens is 2. The van der Waals surface area contributed by atoms with Crippen molar-refractivity contribution in [2.75, 3.05) is 13.1 Å². The van der Waals surface area contributed by atoms with Crippen molar-refractivity contribution < 1.29 is 5.03 Å². The molecule has 2 aromatic rings. The van der Waals surface area contributed by atoms with Gasteiger partial charge in [0.15, 0.2) is 5.03 Å². The Morgan fingerprint density at radius 1 is 1.00 bits per heavy atom. The maximum atomic E-state index is 11.1. The molecule has 0 spiro atoms. The van der Waals surface area contributed by atoms with Crippen LogP contribution < -0.4 is 0 Å². The van der Waals surface area contributed by atoms with Crippen LogP contribution in [-0.2, 0) is 12.8 Å². The molecule has 6 nitrogen and oxygen atoms in total. The number of hydrogen-bond acceptors (Lipinski definition) is 4. The second-order valence-electron chi connectivity index (χ2n) is 6.90. The molecule has 0 radical (unpaired) electrons. The minimum Gasteiger partial charge on any atom is -0.259 e. The molecule has 3 heterocycles. The molecule has 0 saturated carbocycles. The zero-order chi connectivity index (χ0) is 18.3. The largest absolute Gasteiger partial charge is 0.259 e. The monoisotopic (exact) mass is 480 g/mol. The fraction of sp³-hybridized carbons (Fsp3) is 0.444. The number of nitro groups is 1. The number of rotatable bonds is 2. The van der Waals surface area contributed by atoms with E-state index in [1.165, 1.54) is 16.1 Å². The number of nitrogens with zero attached hydrogens (tertiary/aromatic N) is 4. The molecule has 1 saturated heterocycles. The molecule has 26 heavy (non-hydrogen) atoms. The van der Waals surface area contributed by atoms with Gasteiger partial charge in [0, 0.05) is 27.3 Å². The predicted octanol–water partition coefficient (Wildman–Crippen LogP) is 4.14. The van der Waals surface area contributed by atoms with Gasteiger partial charge in [-0.05, 0) is 86.7 Å². The zero-order valence-electron chi connectivity index (χ0n) is 14.1. The Balaban J connectivity index is 1.76. The summed E-state index contributed by atoms with van der Waals surface area (Å²) in [4.78, 5) is 20.6. The molecule has 0 unspecified atom stereocenters. The fourth-order valence-corrected chi connectivity index (χ4v) is 4.93. The molecule has 1 aliphatic heterocycles. The van der Waals surface area contributed by atoms with Gasteiger partial charge in [-0.2, -0.15) is 0 Å². The van der Waals surface area contributed by atoms with Gasteiger partial charge in [-0.25, -0.2) is 10.1 Å². The lowest BCUT2D eigenvalue weighted by Crippen LogP contribution is -2.39. The summed E-state index contributed by atoms with van der Waals surface area (Å²) in [5.41, 5.74) is 4.66. The summed E-state index contributed by atoms with van der Waals surface area (Å²) < 4.78 is 1.97. The number of halogens is 2. The van der Waals surface area contributed by atoms with Gasteiger partial charge in [-0.3, -0.25) is 9.97 Å². The van der Waals surface area contributed by atoms with Crippen molar-refractivity contribution >= 4 is 31.9 Å². The smallest absolute Gasteiger partial charge is 0.160 e. The molecule has 1 aliphatic carbocycles. The van der Waals surface area contributed by atoms with Crippen molar-refractivity contribution in [2.24, 2.45) is 5.92 Å².